The molecule has 1 saturated heterocycles. The summed E-state index contributed by atoms with van der Waals surface area (Å²) in [7, 11) is -3.56. The lowest BCUT2D eigenvalue weighted by Gasteiger charge is -2.22. The average Bonchev–Trinajstić information content (AvgIpc) is 3.29. The van der Waals surface area contributed by atoms with Gasteiger partial charge < -0.3 is 16.0 Å². The van der Waals surface area contributed by atoms with E-state index in [0.717, 1.165) is 25.2 Å². The predicted octanol–water partition coefficient (Wildman–Crippen LogP) is 3.78. The normalized spacial score (nSPS) is 16.4. The molecule has 12 heteroatoms. The zero-order valence-electron chi connectivity index (χ0n) is 18.7. The first kappa shape index (κ1) is 26.2. The van der Waals surface area contributed by atoms with E-state index in [0.29, 0.717) is 24.2 Å². The van der Waals surface area contributed by atoms with Crippen LogP contribution >= 0.6 is 11.6 Å². The summed E-state index contributed by atoms with van der Waals surface area (Å²) < 4.78 is 62.9. The van der Waals surface area contributed by atoms with Crippen LogP contribution in [0.3, 0.4) is 0 Å². The highest BCUT2D eigenvalue weighted by Gasteiger charge is 2.34. The first-order valence-electron chi connectivity index (χ1n) is 10.6. The molecule has 1 aliphatic heterocycles. The van der Waals surface area contributed by atoms with Crippen molar-refractivity contribution >= 4 is 33.2 Å². The standard InChI is InChI=1S/C22H26ClF3N4O3S/c1-13(14-5-7-16(17(23)11-14)19(27)34(2,32)33)21(31)28-12-15-6-8-18(22(24,25)26)29-20(15)30-9-3-4-10-30/h5-8,11,13,19H,3-4,9-10,12,27H2,1-2H3,(H,28,31). The van der Waals surface area contributed by atoms with Crippen molar-refractivity contribution in [3.8, 4) is 0 Å². The number of anilines is 1. The van der Waals surface area contributed by atoms with Crippen molar-refractivity contribution in [1.82, 2.24) is 10.3 Å². The molecule has 2 aromatic rings. The van der Waals surface area contributed by atoms with Gasteiger partial charge in [-0.1, -0.05) is 29.8 Å². The zero-order valence-corrected chi connectivity index (χ0v) is 20.3. The van der Waals surface area contributed by atoms with Gasteiger partial charge in [-0.15, -0.1) is 0 Å². The minimum atomic E-state index is -4.56. The number of hydrogen-bond donors (Lipinski definition) is 2. The molecule has 186 valence electrons. The summed E-state index contributed by atoms with van der Waals surface area (Å²) in [6, 6.07) is 6.78. The van der Waals surface area contributed by atoms with Gasteiger partial charge in [0, 0.05) is 42.0 Å². The number of halogens is 4. The van der Waals surface area contributed by atoms with E-state index in [-0.39, 0.29) is 28.9 Å². The number of nitrogens with one attached hydrogen (secondary N) is 1. The monoisotopic (exact) mass is 518 g/mol. The molecule has 1 aliphatic rings. The van der Waals surface area contributed by atoms with Crippen LogP contribution in [0, 0.1) is 0 Å². The van der Waals surface area contributed by atoms with Gasteiger partial charge in [-0.05, 0) is 37.5 Å². The van der Waals surface area contributed by atoms with Crippen LogP contribution in [0.1, 0.15) is 53.4 Å². The number of rotatable bonds is 7. The molecule has 2 atom stereocenters. The van der Waals surface area contributed by atoms with Crippen LogP contribution in [0.15, 0.2) is 30.3 Å². The number of alkyl halides is 3. The van der Waals surface area contributed by atoms with E-state index in [2.05, 4.69) is 10.3 Å². The molecular formula is C22H26ClF3N4O3S. The fourth-order valence-electron chi connectivity index (χ4n) is 3.74. The van der Waals surface area contributed by atoms with E-state index in [1.165, 1.54) is 18.2 Å². The molecule has 34 heavy (non-hydrogen) atoms. The Bertz CT molecular complexity index is 1170. The van der Waals surface area contributed by atoms with Crippen molar-refractivity contribution in [1.29, 1.82) is 0 Å². The third-order valence-corrected chi connectivity index (χ3v) is 7.29. The number of benzene rings is 1. The van der Waals surface area contributed by atoms with Crippen LogP contribution in [-0.4, -0.2) is 38.7 Å². The third-order valence-electron chi connectivity index (χ3n) is 5.79. The first-order chi connectivity index (χ1) is 15.8. The lowest BCUT2D eigenvalue weighted by Crippen LogP contribution is -2.30. The molecule has 1 aromatic heterocycles. The Hall–Kier alpha value is -2.37. The molecular weight excluding hydrogens is 493 g/mol. The Morgan fingerprint density at radius 1 is 1.24 bits per heavy atom. The predicted molar refractivity (Wildman–Crippen MR) is 124 cm³/mol. The van der Waals surface area contributed by atoms with E-state index in [4.69, 9.17) is 17.3 Å². The van der Waals surface area contributed by atoms with Crippen LogP contribution < -0.4 is 16.0 Å². The first-order valence-corrected chi connectivity index (χ1v) is 13.0. The van der Waals surface area contributed by atoms with Gasteiger partial charge in [0.15, 0.2) is 9.84 Å². The minimum Gasteiger partial charge on any atom is -0.356 e. The summed E-state index contributed by atoms with van der Waals surface area (Å²) in [6.45, 7) is 2.85. The number of aromatic nitrogens is 1. The fraction of sp³-hybridized carbons (Fsp3) is 0.455. The molecule has 3 rings (SSSR count). The number of sulfone groups is 1. The highest BCUT2D eigenvalue weighted by Crippen LogP contribution is 2.32. The Labute approximate surface area is 201 Å². The molecule has 0 aliphatic carbocycles. The summed E-state index contributed by atoms with van der Waals surface area (Å²) in [4.78, 5) is 18.4. The van der Waals surface area contributed by atoms with Crippen LogP contribution in [0.25, 0.3) is 0 Å². The molecule has 0 saturated carbocycles. The summed E-state index contributed by atoms with van der Waals surface area (Å²) in [5, 5.41) is 1.59. The second-order valence-corrected chi connectivity index (χ2v) is 10.9. The van der Waals surface area contributed by atoms with E-state index < -0.39 is 33.0 Å². The quantitative estimate of drug-likeness (QED) is 0.578. The van der Waals surface area contributed by atoms with Gasteiger partial charge in [-0.3, -0.25) is 4.79 Å². The van der Waals surface area contributed by atoms with Crippen molar-refractivity contribution in [3.63, 3.8) is 0 Å². The number of hydrogen-bond acceptors (Lipinski definition) is 6. The number of pyridine rings is 1. The Kier molecular flexibility index (Phi) is 7.79. The van der Waals surface area contributed by atoms with Crippen LogP contribution in [-0.2, 0) is 27.4 Å². The number of nitrogens with zero attached hydrogens (tertiary/aromatic N) is 2. The molecule has 2 heterocycles. The van der Waals surface area contributed by atoms with Crippen molar-refractivity contribution in [2.45, 2.75) is 43.8 Å². The van der Waals surface area contributed by atoms with Gasteiger partial charge in [-0.2, -0.15) is 13.2 Å². The van der Waals surface area contributed by atoms with Gasteiger partial charge in [0.25, 0.3) is 0 Å². The van der Waals surface area contributed by atoms with Gasteiger partial charge in [0.05, 0.1) is 5.92 Å². The molecule has 0 spiro atoms. The molecule has 2 unspecified atom stereocenters. The number of nitrogens with two attached hydrogens (primary N) is 1. The van der Waals surface area contributed by atoms with Crippen molar-refractivity contribution < 1.29 is 26.4 Å². The van der Waals surface area contributed by atoms with E-state index in [1.54, 1.807) is 17.9 Å². The van der Waals surface area contributed by atoms with Crippen molar-refractivity contribution in [2.75, 3.05) is 24.2 Å². The fourth-order valence-corrected chi connectivity index (χ4v) is 4.77. The maximum absolute atomic E-state index is 13.2. The minimum absolute atomic E-state index is 0.00487. The van der Waals surface area contributed by atoms with Crippen LogP contribution in [0.4, 0.5) is 19.0 Å². The largest absolute Gasteiger partial charge is 0.433 e. The maximum Gasteiger partial charge on any atom is 0.433 e. The molecule has 1 amide bonds. The van der Waals surface area contributed by atoms with Crippen LogP contribution in [0.5, 0.6) is 0 Å². The SMILES string of the molecule is CC(C(=O)NCc1ccc(C(F)(F)F)nc1N1CCCC1)c1ccc(C(N)S(C)(=O)=O)c(Cl)c1. The molecule has 0 radical (unpaired) electrons. The third kappa shape index (κ3) is 6.00. The van der Waals surface area contributed by atoms with Gasteiger partial charge >= 0.3 is 6.18 Å². The second kappa shape index (κ2) is 10.1. The highest BCUT2D eigenvalue weighted by molar-refractivity contribution is 7.90. The summed E-state index contributed by atoms with van der Waals surface area (Å²) >= 11 is 6.22. The topological polar surface area (TPSA) is 105 Å². The molecule has 3 N–H and O–H groups in total. The number of carbonyl (C=O) groups is 1. The Morgan fingerprint density at radius 3 is 2.44 bits per heavy atom. The number of amides is 1. The van der Waals surface area contributed by atoms with Gasteiger partial charge in [0.1, 0.15) is 16.9 Å². The Balaban J connectivity index is 1.76. The van der Waals surface area contributed by atoms with E-state index in [1.807, 2.05) is 0 Å². The summed E-state index contributed by atoms with van der Waals surface area (Å²) in [5.41, 5.74) is 6.03. The highest BCUT2D eigenvalue weighted by atomic mass is 35.5. The molecule has 0 bridgehead atoms. The molecule has 1 fully saturated rings. The average molecular weight is 519 g/mol. The van der Waals surface area contributed by atoms with E-state index >= 15 is 0 Å². The Morgan fingerprint density at radius 2 is 1.88 bits per heavy atom. The van der Waals surface area contributed by atoms with Crippen molar-refractivity contribution in [2.24, 2.45) is 5.73 Å². The van der Waals surface area contributed by atoms with Crippen LogP contribution in [0.2, 0.25) is 5.02 Å². The molecule has 7 nitrogen and oxygen atoms in total. The second-order valence-electron chi connectivity index (χ2n) is 8.34. The van der Waals surface area contributed by atoms with Crippen molar-refractivity contribution in [3.05, 3.63) is 57.7 Å². The smallest absolute Gasteiger partial charge is 0.356 e. The van der Waals surface area contributed by atoms with Gasteiger partial charge in [0.2, 0.25) is 5.91 Å². The summed E-state index contributed by atoms with van der Waals surface area (Å²) in [6.07, 6.45) is -1.83. The maximum atomic E-state index is 13.2. The number of carbonyl (C=O) groups excluding carboxylic acids is 1. The van der Waals surface area contributed by atoms with E-state index in [9.17, 15) is 26.4 Å². The molecule has 1 aromatic carbocycles. The lowest BCUT2D eigenvalue weighted by molar-refractivity contribution is -0.141. The lowest BCUT2D eigenvalue weighted by atomic mass is 9.98. The van der Waals surface area contributed by atoms with Gasteiger partial charge in [-0.25, -0.2) is 13.4 Å². The summed E-state index contributed by atoms with van der Waals surface area (Å²) in [5.74, 6) is -0.801. The zero-order chi connectivity index (χ0) is 25.3.